The normalized spacial score (nSPS) is 16.0. The van der Waals surface area contributed by atoms with Crippen molar-refractivity contribution in [2.45, 2.75) is 19.9 Å². The van der Waals surface area contributed by atoms with E-state index in [1.807, 2.05) is 25.1 Å². The molecule has 0 fully saturated rings. The highest BCUT2D eigenvalue weighted by molar-refractivity contribution is 7.22. The quantitative estimate of drug-likeness (QED) is 0.329. The molecule has 0 radical (unpaired) electrons. The Morgan fingerprint density at radius 1 is 1.21 bits per heavy atom. The Hall–Kier alpha value is -3.62. The predicted octanol–water partition coefficient (Wildman–Crippen LogP) is 6.03. The Balaban J connectivity index is 1.64. The number of hydrogen-bond acceptors (Lipinski definition) is 7. The Morgan fingerprint density at radius 2 is 1.97 bits per heavy atom. The number of anilines is 1. The van der Waals surface area contributed by atoms with Crippen LogP contribution in [-0.4, -0.2) is 28.4 Å². The summed E-state index contributed by atoms with van der Waals surface area (Å²) in [5.41, 5.74) is 1.20. The Kier molecular flexibility index (Phi) is 5.63. The van der Waals surface area contributed by atoms with Crippen LogP contribution in [0, 0.1) is 6.92 Å². The first-order chi connectivity index (χ1) is 16.4. The molecule has 5 rings (SSSR count). The Labute approximate surface area is 203 Å². The van der Waals surface area contributed by atoms with Crippen molar-refractivity contribution in [3.63, 3.8) is 0 Å². The molecule has 1 amide bonds. The van der Waals surface area contributed by atoms with Crippen LogP contribution in [0.4, 0.5) is 5.13 Å². The van der Waals surface area contributed by atoms with E-state index in [0.717, 1.165) is 4.70 Å². The van der Waals surface area contributed by atoms with Gasteiger partial charge in [-0.3, -0.25) is 14.5 Å². The number of thiazole rings is 1. The van der Waals surface area contributed by atoms with E-state index in [-0.39, 0.29) is 11.3 Å². The van der Waals surface area contributed by atoms with Crippen molar-refractivity contribution in [3.05, 3.63) is 88.0 Å². The van der Waals surface area contributed by atoms with Gasteiger partial charge in [-0.15, -0.1) is 0 Å². The first-order valence-electron chi connectivity index (χ1n) is 10.5. The fourth-order valence-corrected chi connectivity index (χ4v) is 5.08. The molecule has 0 spiro atoms. The maximum absolute atomic E-state index is 13.4. The van der Waals surface area contributed by atoms with Crippen molar-refractivity contribution in [2.75, 3.05) is 11.5 Å². The summed E-state index contributed by atoms with van der Waals surface area (Å²) in [6.45, 7) is 4.14. The minimum Gasteiger partial charge on any atom is -0.503 e. The van der Waals surface area contributed by atoms with E-state index in [1.54, 1.807) is 37.3 Å². The predicted molar refractivity (Wildman–Crippen MR) is 130 cm³/mol. The van der Waals surface area contributed by atoms with Crippen LogP contribution < -0.4 is 9.64 Å². The SMILES string of the molecule is CCOc1ccc2nc(N3C(=O)C(O)=C(C(=O)c4ccc(C)o4)C3c3ccc(Cl)cc3)sc2c1. The number of carbonyl (C=O) groups is 2. The largest absolute Gasteiger partial charge is 0.503 e. The number of halogens is 1. The molecule has 0 aliphatic carbocycles. The lowest BCUT2D eigenvalue weighted by molar-refractivity contribution is -0.117. The molecule has 1 unspecified atom stereocenters. The van der Waals surface area contributed by atoms with Gasteiger partial charge in [0, 0.05) is 5.02 Å². The summed E-state index contributed by atoms with van der Waals surface area (Å²) in [6.07, 6.45) is 0. The van der Waals surface area contributed by atoms with Crippen LogP contribution in [0.1, 0.15) is 34.8 Å². The number of aliphatic hydroxyl groups excluding tert-OH is 1. The third-order valence-electron chi connectivity index (χ3n) is 5.47. The first kappa shape index (κ1) is 22.2. The van der Waals surface area contributed by atoms with Gasteiger partial charge in [0.05, 0.1) is 28.4 Å². The number of aromatic nitrogens is 1. The fraction of sp³-hybridized carbons (Fsp3) is 0.160. The average molecular weight is 495 g/mol. The summed E-state index contributed by atoms with van der Waals surface area (Å²) < 4.78 is 11.9. The highest BCUT2D eigenvalue weighted by Crippen LogP contribution is 2.44. The van der Waals surface area contributed by atoms with Crippen molar-refractivity contribution >= 4 is 50.0 Å². The van der Waals surface area contributed by atoms with Gasteiger partial charge in [-0.05, 0) is 61.9 Å². The first-order valence-corrected chi connectivity index (χ1v) is 11.7. The monoisotopic (exact) mass is 494 g/mol. The van der Waals surface area contributed by atoms with Crippen LogP contribution >= 0.6 is 22.9 Å². The molecule has 1 aliphatic heterocycles. The molecule has 34 heavy (non-hydrogen) atoms. The van der Waals surface area contributed by atoms with Gasteiger partial charge in [0.25, 0.3) is 5.91 Å². The lowest BCUT2D eigenvalue weighted by atomic mass is 9.95. The number of furan rings is 1. The van der Waals surface area contributed by atoms with Gasteiger partial charge in [0.15, 0.2) is 16.7 Å². The van der Waals surface area contributed by atoms with E-state index in [2.05, 4.69) is 4.98 Å². The van der Waals surface area contributed by atoms with Crippen LogP contribution in [0.15, 0.2) is 70.3 Å². The summed E-state index contributed by atoms with van der Waals surface area (Å²) in [6, 6.07) is 14.5. The van der Waals surface area contributed by atoms with Crippen LogP contribution in [0.5, 0.6) is 5.75 Å². The number of Topliss-reactive ketones (excluding diaryl/α,β-unsaturated/α-hetero) is 1. The van der Waals surface area contributed by atoms with E-state index in [9.17, 15) is 14.7 Å². The van der Waals surface area contributed by atoms with E-state index >= 15 is 0 Å². The lowest BCUT2D eigenvalue weighted by Crippen LogP contribution is -2.30. The second-order valence-corrected chi connectivity index (χ2v) is 9.14. The van der Waals surface area contributed by atoms with Crippen LogP contribution in [0.3, 0.4) is 0 Å². The molecule has 0 saturated carbocycles. The van der Waals surface area contributed by atoms with E-state index in [0.29, 0.717) is 39.4 Å². The van der Waals surface area contributed by atoms with Gasteiger partial charge in [-0.1, -0.05) is 35.1 Å². The molecule has 1 aliphatic rings. The molecule has 4 aromatic rings. The number of ketones is 1. The number of benzene rings is 2. The van der Waals surface area contributed by atoms with Gasteiger partial charge in [-0.2, -0.15) is 0 Å². The van der Waals surface area contributed by atoms with Crippen molar-refractivity contribution in [2.24, 2.45) is 0 Å². The van der Waals surface area contributed by atoms with Crippen molar-refractivity contribution in [1.82, 2.24) is 4.98 Å². The number of aryl methyl sites for hydroxylation is 1. The number of rotatable bonds is 6. The van der Waals surface area contributed by atoms with Gasteiger partial charge >= 0.3 is 0 Å². The van der Waals surface area contributed by atoms with E-state index < -0.39 is 23.5 Å². The Bertz CT molecular complexity index is 1450. The number of ether oxygens (including phenoxy) is 1. The molecule has 2 aromatic heterocycles. The van der Waals surface area contributed by atoms with Crippen LogP contribution in [-0.2, 0) is 4.79 Å². The van der Waals surface area contributed by atoms with E-state index in [4.69, 9.17) is 20.8 Å². The second-order valence-electron chi connectivity index (χ2n) is 7.69. The molecule has 9 heteroatoms. The number of fused-ring (bicyclic) bond motifs is 1. The van der Waals surface area contributed by atoms with Crippen LogP contribution in [0.25, 0.3) is 10.2 Å². The summed E-state index contributed by atoms with van der Waals surface area (Å²) in [5, 5.41) is 11.7. The molecule has 7 nitrogen and oxygen atoms in total. The highest BCUT2D eigenvalue weighted by atomic mass is 35.5. The lowest BCUT2D eigenvalue weighted by Gasteiger charge is -2.24. The standard InChI is InChI=1S/C25H19ClN2O5S/c1-3-32-16-9-10-17-19(12-16)34-25(27-17)28-21(14-5-7-15(26)8-6-14)20(23(30)24(28)31)22(29)18-11-4-13(2)33-18/h4-12,21,30H,3H2,1-2H3. The van der Waals surface area contributed by atoms with Crippen LogP contribution in [0.2, 0.25) is 5.02 Å². The van der Waals surface area contributed by atoms with Gasteiger partial charge in [0.1, 0.15) is 11.5 Å². The second kappa shape index (κ2) is 8.62. The zero-order chi connectivity index (χ0) is 24.0. The van der Waals surface area contributed by atoms with Crippen molar-refractivity contribution < 1.29 is 23.8 Å². The van der Waals surface area contributed by atoms with Crippen molar-refractivity contribution in [3.8, 4) is 5.75 Å². The zero-order valence-electron chi connectivity index (χ0n) is 18.2. The number of nitrogens with zero attached hydrogens (tertiary/aromatic N) is 2. The molecule has 2 aromatic carbocycles. The van der Waals surface area contributed by atoms with Crippen molar-refractivity contribution in [1.29, 1.82) is 0 Å². The van der Waals surface area contributed by atoms with Gasteiger partial charge < -0.3 is 14.3 Å². The number of aliphatic hydroxyl groups is 1. The number of hydrogen-bond donors (Lipinski definition) is 1. The molecule has 172 valence electrons. The maximum Gasteiger partial charge on any atom is 0.296 e. The summed E-state index contributed by atoms with van der Waals surface area (Å²) in [4.78, 5) is 32.6. The Morgan fingerprint density at radius 3 is 2.65 bits per heavy atom. The number of carbonyl (C=O) groups excluding carboxylic acids is 2. The smallest absolute Gasteiger partial charge is 0.296 e. The third kappa shape index (κ3) is 3.74. The zero-order valence-corrected chi connectivity index (χ0v) is 19.8. The minimum atomic E-state index is -0.908. The maximum atomic E-state index is 13.4. The molecule has 3 heterocycles. The molecule has 1 N–H and O–H groups in total. The fourth-order valence-electron chi connectivity index (χ4n) is 3.94. The number of amides is 1. The summed E-state index contributed by atoms with van der Waals surface area (Å²) in [7, 11) is 0. The molecular formula is C25H19ClN2O5S. The molecule has 0 saturated heterocycles. The minimum absolute atomic E-state index is 0.0401. The summed E-state index contributed by atoms with van der Waals surface area (Å²) in [5.74, 6) is -0.635. The highest BCUT2D eigenvalue weighted by Gasteiger charge is 2.46. The summed E-state index contributed by atoms with van der Waals surface area (Å²) >= 11 is 7.35. The third-order valence-corrected chi connectivity index (χ3v) is 6.74. The molecular weight excluding hydrogens is 476 g/mol. The molecule has 1 atom stereocenters. The topological polar surface area (TPSA) is 92.9 Å². The molecule has 0 bridgehead atoms. The van der Waals surface area contributed by atoms with E-state index in [1.165, 1.54) is 22.3 Å². The van der Waals surface area contributed by atoms with Gasteiger partial charge in [-0.25, -0.2) is 4.98 Å². The van der Waals surface area contributed by atoms with Gasteiger partial charge in [0.2, 0.25) is 5.78 Å². The average Bonchev–Trinajstić information content (AvgIpc) is 3.50.